The van der Waals surface area contributed by atoms with Crippen LogP contribution in [0.15, 0.2) is 36.7 Å². The number of benzene rings is 1. The number of anilines is 1. The molecule has 1 unspecified atom stereocenters. The van der Waals surface area contributed by atoms with Gasteiger partial charge in [0.2, 0.25) is 11.9 Å². The summed E-state index contributed by atoms with van der Waals surface area (Å²) in [5, 5.41) is 12.3. The second-order valence-corrected chi connectivity index (χ2v) is 11.0. The minimum atomic E-state index is -1.41. The molecule has 0 aliphatic heterocycles. The Balaban J connectivity index is 1.41. The van der Waals surface area contributed by atoms with Crippen LogP contribution in [0.25, 0.3) is 0 Å². The van der Waals surface area contributed by atoms with E-state index in [1.54, 1.807) is 24.5 Å². The maximum atomic E-state index is 12.7. The number of aromatic amines is 1. The van der Waals surface area contributed by atoms with Gasteiger partial charge in [-0.15, -0.1) is 0 Å². The van der Waals surface area contributed by atoms with Crippen LogP contribution in [0.5, 0.6) is 5.75 Å². The van der Waals surface area contributed by atoms with E-state index in [1.807, 2.05) is 12.1 Å². The number of nitrogens with one attached hydrogen (secondary N) is 3. The Morgan fingerprint density at radius 3 is 2.63 bits per heavy atom. The van der Waals surface area contributed by atoms with Crippen LogP contribution in [0.3, 0.4) is 0 Å². The van der Waals surface area contributed by atoms with Crippen LogP contribution in [-0.2, 0) is 27.0 Å². The van der Waals surface area contributed by atoms with E-state index in [4.69, 9.17) is 4.74 Å². The smallest absolute Gasteiger partial charge is 0.321 e. The number of H-pyrrole nitrogens is 1. The summed E-state index contributed by atoms with van der Waals surface area (Å²) in [6.07, 6.45) is 8.57. The molecule has 1 aliphatic rings. The first-order chi connectivity index (χ1) is 16.7. The number of hydrogen-bond acceptors (Lipinski definition) is 5. The maximum Gasteiger partial charge on any atom is 0.321 e. The number of amides is 1. The standard InChI is InChI=1S/C25H36N4O5S/c1-18-9-11-25(2,12-10-18)17-35(33)29-21(23(31)32)16-19-5-7-20(8-6-19)34-15-3-4-22(30)28-24-26-13-14-27-24/h5-8,13-14,18,21,29H,3-4,9-12,15-17H2,1-2H3,(H,31,32)(H2,26,27,28,30)/t18?,21-,25?,35?/m0/s1. The highest BCUT2D eigenvalue weighted by molar-refractivity contribution is 7.83. The van der Waals surface area contributed by atoms with Crippen molar-refractivity contribution in [3.8, 4) is 5.75 Å². The van der Waals surface area contributed by atoms with Gasteiger partial charge in [0, 0.05) is 24.6 Å². The fourth-order valence-electron chi connectivity index (χ4n) is 4.21. The van der Waals surface area contributed by atoms with Crippen molar-refractivity contribution in [1.29, 1.82) is 0 Å². The molecule has 1 aliphatic carbocycles. The van der Waals surface area contributed by atoms with E-state index in [0.717, 1.165) is 31.2 Å². The minimum absolute atomic E-state index is 0.00808. The molecule has 35 heavy (non-hydrogen) atoms. The Bertz CT molecular complexity index is 972. The predicted molar refractivity (Wildman–Crippen MR) is 135 cm³/mol. The molecule has 1 fully saturated rings. The molecular weight excluding hydrogens is 468 g/mol. The lowest BCUT2D eigenvalue weighted by Gasteiger charge is -2.36. The molecule has 1 aromatic heterocycles. The molecule has 0 spiro atoms. The largest absolute Gasteiger partial charge is 0.494 e. The SMILES string of the molecule is CC1CCC(C)(CS(=O)N[C@@H](Cc2ccc(OCCCC(=O)Nc3ncc[nH]3)cc2)C(=O)O)CC1. The highest BCUT2D eigenvalue weighted by atomic mass is 32.2. The van der Waals surface area contributed by atoms with Crippen LogP contribution in [0.1, 0.15) is 57.9 Å². The molecule has 4 N–H and O–H groups in total. The Hall–Kier alpha value is -2.72. The normalized spacial score (nSPS) is 21.7. The number of carbonyl (C=O) groups excluding carboxylic acids is 1. The zero-order chi connectivity index (χ0) is 25.3. The topological polar surface area (TPSA) is 133 Å². The number of imidazole rings is 1. The molecule has 3 rings (SSSR count). The molecule has 0 radical (unpaired) electrons. The first-order valence-electron chi connectivity index (χ1n) is 12.1. The number of aliphatic carboxylic acids is 1. The number of aromatic nitrogens is 2. The summed E-state index contributed by atoms with van der Waals surface area (Å²) in [7, 11) is -1.41. The number of carbonyl (C=O) groups is 2. The van der Waals surface area contributed by atoms with E-state index in [2.05, 4.69) is 33.9 Å². The molecule has 2 atom stereocenters. The van der Waals surface area contributed by atoms with E-state index in [9.17, 15) is 18.9 Å². The quantitative estimate of drug-likeness (QED) is 0.308. The summed E-state index contributed by atoms with van der Waals surface area (Å²) in [4.78, 5) is 30.4. The van der Waals surface area contributed by atoms with Crippen molar-refractivity contribution in [2.75, 3.05) is 17.7 Å². The molecule has 9 nitrogen and oxygen atoms in total. The molecule has 1 amide bonds. The third-order valence-electron chi connectivity index (χ3n) is 6.47. The van der Waals surface area contributed by atoms with Crippen LogP contribution >= 0.6 is 0 Å². The van der Waals surface area contributed by atoms with E-state index < -0.39 is 23.0 Å². The number of hydrogen-bond donors (Lipinski definition) is 4. The highest BCUT2D eigenvalue weighted by Crippen LogP contribution is 2.38. The number of carboxylic acids is 1. The molecule has 1 aromatic carbocycles. The lowest BCUT2D eigenvalue weighted by molar-refractivity contribution is -0.138. The van der Waals surface area contributed by atoms with Gasteiger partial charge in [-0.05, 0) is 54.7 Å². The summed E-state index contributed by atoms with van der Waals surface area (Å²) in [5.41, 5.74) is 0.802. The summed E-state index contributed by atoms with van der Waals surface area (Å²) in [6.45, 7) is 4.77. The van der Waals surface area contributed by atoms with Crippen LogP contribution in [-0.4, -0.2) is 49.6 Å². The van der Waals surface area contributed by atoms with Gasteiger partial charge in [-0.3, -0.25) is 14.9 Å². The summed E-state index contributed by atoms with van der Waals surface area (Å²) in [6, 6.07) is 6.24. The molecule has 0 bridgehead atoms. The summed E-state index contributed by atoms with van der Waals surface area (Å²) in [5.74, 6) is 1.07. The van der Waals surface area contributed by atoms with E-state index in [0.29, 0.717) is 42.8 Å². The van der Waals surface area contributed by atoms with Crippen LogP contribution in [0, 0.1) is 11.3 Å². The second kappa shape index (κ2) is 12.8. The van der Waals surface area contributed by atoms with Crippen molar-refractivity contribution in [3.63, 3.8) is 0 Å². The third kappa shape index (κ3) is 9.10. The zero-order valence-electron chi connectivity index (χ0n) is 20.4. The minimum Gasteiger partial charge on any atom is -0.494 e. The molecule has 10 heteroatoms. The van der Waals surface area contributed by atoms with E-state index in [1.165, 1.54) is 0 Å². The van der Waals surface area contributed by atoms with Gasteiger partial charge in [0.05, 0.1) is 17.6 Å². The molecular formula is C25H36N4O5S. The van der Waals surface area contributed by atoms with Crippen LogP contribution in [0.4, 0.5) is 5.95 Å². The van der Waals surface area contributed by atoms with Gasteiger partial charge in [-0.1, -0.05) is 38.8 Å². The number of carboxylic acid groups (broad SMARTS) is 1. The number of rotatable bonds is 13. The Kier molecular flexibility index (Phi) is 9.85. The van der Waals surface area contributed by atoms with Crippen molar-refractivity contribution in [2.24, 2.45) is 11.3 Å². The van der Waals surface area contributed by atoms with Gasteiger partial charge in [-0.25, -0.2) is 13.9 Å². The van der Waals surface area contributed by atoms with Crippen molar-refractivity contribution in [3.05, 3.63) is 42.2 Å². The Labute approximate surface area is 209 Å². The van der Waals surface area contributed by atoms with Gasteiger partial charge < -0.3 is 14.8 Å². The molecule has 192 valence electrons. The van der Waals surface area contributed by atoms with Crippen molar-refractivity contribution < 1.29 is 23.6 Å². The van der Waals surface area contributed by atoms with Gasteiger partial charge in [0.1, 0.15) is 11.8 Å². The monoisotopic (exact) mass is 504 g/mol. The highest BCUT2D eigenvalue weighted by Gasteiger charge is 2.32. The Morgan fingerprint density at radius 1 is 1.29 bits per heavy atom. The summed E-state index contributed by atoms with van der Waals surface area (Å²) >= 11 is 0. The maximum absolute atomic E-state index is 12.7. The van der Waals surface area contributed by atoms with Crippen molar-refractivity contribution >= 4 is 28.8 Å². The predicted octanol–water partition coefficient (Wildman–Crippen LogP) is 3.67. The van der Waals surface area contributed by atoms with Crippen LogP contribution < -0.4 is 14.8 Å². The second-order valence-electron chi connectivity index (χ2n) is 9.78. The van der Waals surface area contributed by atoms with E-state index in [-0.39, 0.29) is 17.7 Å². The van der Waals surface area contributed by atoms with Gasteiger partial charge in [0.25, 0.3) is 0 Å². The lowest BCUT2D eigenvalue weighted by atomic mass is 9.73. The van der Waals surface area contributed by atoms with Crippen LogP contribution in [0.2, 0.25) is 0 Å². The van der Waals surface area contributed by atoms with Gasteiger partial charge in [-0.2, -0.15) is 0 Å². The number of ether oxygens (including phenoxy) is 1. The first-order valence-corrected chi connectivity index (χ1v) is 13.4. The molecule has 0 saturated heterocycles. The van der Waals surface area contributed by atoms with Crippen molar-refractivity contribution in [1.82, 2.24) is 14.7 Å². The first kappa shape index (κ1) is 26.9. The van der Waals surface area contributed by atoms with E-state index >= 15 is 0 Å². The zero-order valence-corrected chi connectivity index (χ0v) is 21.2. The van der Waals surface area contributed by atoms with Gasteiger partial charge in [0.15, 0.2) is 0 Å². The van der Waals surface area contributed by atoms with Gasteiger partial charge >= 0.3 is 5.97 Å². The summed E-state index contributed by atoms with van der Waals surface area (Å²) < 4.78 is 21.2. The lowest BCUT2D eigenvalue weighted by Crippen LogP contribution is -2.43. The number of nitrogens with zero attached hydrogens (tertiary/aromatic N) is 1. The Morgan fingerprint density at radius 2 is 2.00 bits per heavy atom. The fraction of sp³-hybridized carbons (Fsp3) is 0.560. The third-order valence-corrected chi connectivity index (χ3v) is 7.98. The molecule has 1 heterocycles. The molecule has 2 aromatic rings. The fourth-order valence-corrected chi connectivity index (χ4v) is 5.71. The van der Waals surface area contributed by atoms with Crippen molar-refractivity contribution in [2.45, 2.75) is 64.8 Å². The molecule has 1 saturated carbocycles. The average Bonchev–Trinajstić information content (AvgIpc) is 3.32. The average molecular weight is 505 g/mol.